The maximum atomic E-state index is 6.01. The van der Waals surface area contributed by atoms with Crippen molar-refractivity contribution in [3.63, 3.8) is 0 Å². The summed E-state index contributed by atoms with van der Waals surface area (Å²) >= 11 is 6.01. The Hall–Kier alpha value is -1.74. The van der Waals surface area contributed by atoms with Gasteiger partial charge in [0.25, 0.3) is 0 Å². The maximum absolute atomic E-state index is 6.01. The quantitative estimate of drug-likeness (QED) is 0.919. The Kier molecular flexibility index (Phi) is 3.72. The molecule has 4 heteroatoms. The average molecular weight is 262 g/mol. The highest BCUT2D eigenvalue weighted by Crippen LogP contribution is 2.26. The van der Waals surface area contributed by atoms with E-state index in [4.69, 9.17) is 17.3 Å². The number of benzene rings is 1. The van der Waals surface area contributed by atoms with Crippen LogP contribution in [0.25, 0.3) is 0 Å². The van der Waals surface area contributed by atoms with Crippen LogP contribution in [0.3, 0.4) is 0 Å². The van der Waals surface area contributed by atoms with E-state index < -0.39 is 0 Å². The number of halogens is 1. The number of pyridine rings is 1. The standard InChI is InChI=1S/C14H16ClN3/c1-10(11-4-3-5-12(15)8-11)18(2)14-9-13(16)6-7-17-14/h3-10H,1-2H3,(H2,16,17). The molecule has 1 heterocycles. The van der Waals surface area contributed by atoms with E-state index in [1.165, 1.54) is 0 Å². The molecule has 0 aliphatic carbocycles. The molecule has 0 spiro atoms. The predicted molar refractivity (Wildman–Crippen MR) is 76.9 cm³/mol. The number of nitrogens with zero attached hydrogens (tertiary/aromatic N) is 2. The van der Waals surface area contributed by atoms with Crippen LogP contribution in [0.4, 0.5) is 11.5 Å². The number of hydrogen-bond acceptors (Lipinski definition) is 3. The second-order valence-corrected chi connectivity index (χ2v) is 4.73. The van der Waals surface area contributed by atoms with Crippen molar-refractivity contribution in [1.82, 2.24) is 4.98 Å². The van der Waals surface area contributed by atoms with Crippen LogP contribution in [0, 0.1) is 0 Å². The lowest BCUT2D eigenvalue weighted by molar-refractivity contribution is 0.729. The molecule has 0 radical (unpaired) electrons. The zero-order valence-corrected chi connectivity index (χ0v) is 11.2. The lowest BCUT2D eigenvalue weighted by Gasteiger charge is -2.26. The summed E-state index contributed by atoms with van der Waals surface area (Å²) in [6.07, 6.45) is 1.71. The first-order chi connectivity index (χ1) is 8.58. The molecule has 0 bridgehead atoms. The van der Waals surface area contributed by atoms with E-state index in [9.17, 15) is 0 Å². The first-order valence-corrected chi connectivity index (χ1v) is 6.15. The molecule has 0 saturated carbocycles. The molecule has 2 N–H and O–H groups in total. The number of nitrogens with two attached hydrogens (primary N) is 1. The number of hydrogen-bond donors (Lipinski definition) is 1. The van der Waals surface area contributed by atoms with Crippen molar-refractivity contribution >= 4 is 23.1 Å². The average Bonchev–Trinajstić information content (AvgIpc) is 2.37. The summed E-state index contributed by atoms with van der Waals surface area (Å²) in [4.78, 5) is 6.39. The number of nitrogen functional groups attached to an aromatic ring is 1. The molecule has 1 atom stereocenters. The van der Waals surface area contributed by atoms with Gasteiger partial charge in [0.2, 0.25) is 0 Å². The highest BCUT2D eigenvalue weighted by atomic mass is 35.5. The van der Waals surface area contributed by atoms with Gasteiger partial charge in [-0.05, 0) is 30.7 Å². The van der Waals surface area contributed by atoms with E-state index in [2.05, 4.69) is 22.9 Å². The fourth-order valence-corrected chi connectivity index (χ4v) is 2.01. The Labute approximate surface area is 112 Å². The predicted octanol–water partition coefficient (Wildman–Crippen LogP) is 3.51. The van der Waals surface area contributed by atoms with Gasteiger partial charge in [-0.2, -0.15) is 0 Å². The van der Waals surface area contributed by atoms with Gasteiger partial charge in [-0.25, -0.2) is 4.98 Å². The van der Waals surface area contributed by atoms with E-state index in [1.54, 1.807) is 12.3 Å². The van der Waals surface area contributed by atoms with Crippen molar-refractivity contribution in [3.8, 4) is 0 Å². The van der Waals surface area contributed by atoms with Gasteiger partial charge >= 0.3 is 0 Å². The van der Waals surface area contributed by atoms with Crippen molar-refractivity contribution in [2.45, 2.75) is 13.0 Å². The molecule has 2 aromatic rings. The van der Waals surface area contributed by atoms with Crippen LogP contribution in [0.5, 0.6) is 0 Å². The largest absolute Gasteiger partial charge is 0.399 e. The number of anilines is 2. The number of aromatic nitrogens is 1. The minimum absolute atomic E-state index is 0.179. The Morgan fingerprint density at radius 1 is 1.28 bits per heavy atom. The molecule has 0 saturated heterocycles. The van der Waals surface area contributed by atoms with Gasteiger partial charge < -0.3 is 10.6 Å². The second kappa shape index (κ2) is 5.27. The molecule has 3 nitrogen and oxygen atoms in total. The molecule has 94 valence electrons. The summed E-state index contributed by atoms with van der Waals surface area (Å²) in [5.74, 6) is 0.850. The van der Waals surface area contributed by atoms with Gasteiger partial charge in [-0.15, -0.1) is 0 Å². The van der Waals surface area contributed by atoms with Crippen LogP contribution >= 0.6 is 11.6 Å². The zero-order chi connectivity index (χ0) is 13.1. The summed E-state index contributed by atoms with van der Waals surface area (Å²) in [7, 11) is 1.99. The summed E-state index contributed by atoms with van der Waals surface area (Å²) in [5.41, 5.74) is 7.63. The monoisotopic (exact) mass is 261 g/mol. The van der Waals surface area contributed by atoms with E-state index in [-0.39, 0.29) is 6.04 Å². The molecule has 0 amide bonds. The second-order valence-electron chi connectivity index (χ2n) is 4.29. The summed E-state index contributed by atoms with van der Waals surface area (Å²) in [5, 5.41) is 0.744. The van der Waals surface area contributed by atoms with Gasteiger partial charge in [-0.3, -0.25) is 0 Å². The third kappa shape index (κ3) is 2.74. The third-order valence-electron chi connectivity index (χ3n) is 3.04. The van der Waals surface area contributed by atoms with Crippen LogP contribution in [-0.2, 0) is 0 Å². The third-order valence-corrected chi connectivity index (χ3v) is 3.28. The van der Waals surface area contributed by atoms with E-state index in [0.717, 1.165) is 16.4 Å². The maximum Gasteiger partial charge on any atom is 0.130 e. The fourth-order valence-electron chi connectivity index (χ4n) is 1.82. The molecule has 1 aromatic heterocycles. The van der Waals surface area contributed by atoms with E-state index >= 15 is 0 Å². The Balaban J connectivity index is 2.26. The highest BCUT2D eigenvalue weighted by molar-refractivity contribution is 6.30. The lowest BCUT2D eigenvalue weighted by Crippen LogP contribution is -2.22. The molecule has 1 aromatic carbocycles. The van der Waals surface area contributed by atoms with Gasteiger partial charge in [0.05, 0.1) is 6.04 Å². The lowest BCUT2D eigenvalue weighted by atomic mass is 10.1. The van der Waals surface area contributed by atoms with Crippen LogP contribution in [-0.4, -0.2) is 12.0 Å². The zero-order valence-electron chi connectivity index (χ0n) is 10.5. The Morgan fingerprint density at radius 2 is 2.06 bits per heavy atom. The van der Waals surface area contributed by atoms with Crippen molar-refractivity contribution in [2.24, 2.45) is 0 Å². The molecular weight excluding hydrogens is 246 g/mol. The van der Waals surface area contributed by atoms with Gasteiger partial charge in [0.1, 0.15) is 5.82 Å². The Bertz CT molecular complexity index is 493. The van der Waals surface area contributed by atoms with Crippen molar-refractivity contribution in [3.05, 3.63) is 53.2 Å². The first kappa shape index (κ1) is 12.7. The Morgan fingerprint density at radius 3 is 2.72 bits per heavy atom. The van der Waals surface area contributed by atoms with Crippen molar-refractivity contribution < 1.29 is 0 Å². The van der Waals surface area contributed by atoms with Gasteiger partial charge in [-0.1, -0.05) is 23.7 Å². The first-order valence-electron chi connectivity index (χ1n) is 5.78. The van der Waals surface area contributed by atoms with Crippen LogP contribution in [0.1, 0.15) is 18.5 Å². The van der Waals surface area contributed by atoms with E-state index in [1.807, 2.05) is 31.3 Å². The van der Waals surface area contributed by atoms with Crippen LogP contribution in [0.15, 0.2) is 42.6 Å². The molecule has 2 rings (SSSR count). The molecule has 0 aliphatic rings. The molecule has 0 fully saturated rings. The smallest absolute Gasteiger partial charge is 0.130 e. The fraction of sp³-hybridized carbons (Fsp3) is 0.214. The molecule has 18 heavy (non-hydrogen) atoms. The normalized spacial score (nSPS) is 12.2. The van der Waals surface area contributed by atoms with Gasteiger partial charge in [0, 0.05) is 30.0 Å². The van der Waals surface area contributed by atoms with Crippen molar-refractivity contribution in [2.75, 3.05) is 17.7 Å². The topological polar surface area (TPSA) is 42.1 Å². The minimum atomic E-state index is 0.179. The van der Waals surface area contributed by atoms with E-state index in [0.29, 0.717) is 5.69 Å². The highest BCUT2D eigenvalue weighted by Gasteiger charge is 2.13. The molecular formula is C14H16ClN3. The minimum Gasteiger partial charge on any atom is -0.399 e. The summed E-state index contributed by atoms with van der Waals surface area (Å²) < 4.78 is 0. The molecule has 0 aliphatic heterocycles. The molecule has 1 unspecified atom stereocenters. The van der Waals surface area contributed by atoms with Crippen LogP contribution in [0.2, 0.25) is 5.02 Å². The number of rotatable bonds is 3. The summed E-state index contributed by atoms with van der Waals surface area (Å²) in [6.45, 7) is 2.11. The summed E-state index contributed by atoms with van der Waals surface area (Å²) in [6, 6.07) is 11.7. The van der Waals surface area contributed by atoms with Crippen LogP contribution < -0.4 is 10.6 Å². The SMILES string of the molecule is CC(c1cccc(Cl)c1)N(C)c1cc(N)ccn1. The van der Waals surface area contributed by atoms with Crippen molar-refractivity contribution in [1.29, 1.82) is 0 Å². The van der Waals surface area contributed by atoms with Gasteiger partial charge in [0.15, 0.2) is 0 Å².